The molecule has 0 aliphatic heterocycles. The van der Waals surface area contributed by atoms with Crippen molar-refractivity contribution in [3.63, 3.8) is 0 Å². The third kappa shape index (κ3) is 4.72. The summed E-state index contributed by atoms with van der Waals surface area (Å²) in [4.78, 5) is 23.6. The Hall–Kier alpha value is -3.03. The smallest absolute Gasteiger partial charge is 0.251 e. The van der Waals surface area contributed by atoms with Gasteiger partial charge in [0.05, 0.1) is 18.8 Å². The summed E-state index contributed by atoms with van der Waals surface area (Å²) in [5.41, 5.74) is -0.213. The quantitative estimate of drug-likeness (QED) is 0.786. The second-order valence-electron chi connectivity index (χ2n) is 4.91. The van der Waals surface area contributed by atoms with Gasteiger partial charge in [0.2, 0.25) is 5.91 Å². The van der Waals surface area contributed by atoms with Gasteiger partial charge in [0.1, 0.15) is 5.75 Å². The van der Waals surface area contributed by atoms with Gasteiger partial charge in [-0.2, -0.15) is 0 Å². The SMILES string of the molecule is CCOc1ccc(C(=O)NCC(=O)Nc2ccc(F)c(F)c2F)cc1. The second-order valence-corrected chi connectivity index (χ2v) is 4.91. The Labute approximate surface area is 141 Å². The molecular formula is C17H15F3N2O3. The fraction of sp³-hybridized carbons (Fsp3) is 0.176. The van der Waals surface area contributed by atoms with Crippen molar-refractivity contribution in [2.75, 3.05) is 18.5 Å². The minimum Gasteiger partial charge on any atom is -0.494 e. The van der Waals surface area contributed by atoms with Gasteiger partial charge in [0.25, 0.3) is 5.91 Å². The molecule has 2 amide bonds. The van der Waals surface area contributed by atoms with E-state index in [4.69, 9.17) is 4.74 Å². The molecule has 5 nitrogen and oxygen atoms in total. The van der Waals surface area contributed by atoms with Gasteiger partial charge in [-0.1, -0.05) is 0 Å². The van der Waals surface area contributed by atoms with Crippen LogP contribution in [0.4, 0.5) is 18.9 Å². The number of benzene rings is 2. The number of anilines is 1. The molecule has 2 aromatic rings. The minimum atomic E-state index is -1.68. The highest BCUT2D eigenvalue weighted by molar-refractivity contribution is 5.99. The summed E-state index contributed by atoms with van der Waals surface area (Å²) < 4.78 is 44.6. The predicted molar refractivity (Wildman–Crippen MR) is 84.9 cm³/mol. The molecule has 0 aliphatic rings. The summed E-state index contributed by atoms with van der Waals surface area (Å²) >= 11 is 0. The van der Waals surface area contributed by atoms with Crippen molar-refractivity contribution in [1.29, 1.82) is 0 Å². The lowest BCUT2D eigenvalue weighted by Gasteiger charge is -2.09. The maximum atomic E-state index is 13.5. The molecule has 0 fully saturated rings. The zero-order valence-corrected chi connectivity index (χ0v) is 13.2. The number of nitrogens with one attached hydrogen (secondary N) is 2. The van der Waals surface area contributed by atoms with Crippen LogP contribution >= 0.6 is 0 Å². The molecule has 2 rings (SSSR count). The van der Waals surface area contributed by atoms with Crippen molar-refractivity contribution in [3.8, 4) is 5.75 Å². The fourth-order valence-electron chi connectivity index (χ4n) is 1.95. The van der Waals surface area contributed by atoms with E-state index < -0.39 is 41.5 Å². The van der Waals surface area contributed by atoms with Crippen LogP contribution in [-0.2, 0) is 4.79 Å². The number of carbonyl (C=O) groups excluding carboxylic acids is 2. The largest absolute Gasteiger partial charge is 0.494 e. The van der Waals surface area contributed by atoms with Crippen molar-refractivity contribution in [2.24, 2.45) is 0 Å². The third-order valence-electron chi connectivity index (χ3n) is 3.15. The van der Waals surface area contributed by atoms with E-state index in [0.29, 0.717) is 24.0 Å². The van der Waals surface area contributed by atoms with Crippen LogP contribution in [0.25, 0.3) is 0 Å². The molecular weight excluding hydrogens is 337 g/mol. The molecule has 0 unspecified atom stereocenters. The van der Waals surface area contributed by atoms with E-state index in [1.165, 1.54) is 12.1 Å². The first-order valence-electron chi connectivity index (χ1n) is 7.36. The Morgan fingerprint density at radius 3 is 2.32 bits per heavy atom. The zero-order valence-electron chi connectivity index (χ0n) is 13.2. The fourth-order valence-corrected chi connectivity index (χ4v) is 1.95. The van der Waals surface area contributed by atoms with Crippen molar-refractivity contribution in [3.05, 3.63) is 59.4 Å². The lowest BCUT2D eigenvalue weighted by atomic mass is 10.2. The summed E-state index contributed by atoms with van der Waals surface area (Å²) in [6.45, 7) is 1.85. The molecule has 2 N–H and O–H groups in total. The zero-order chi connectivity index (χ0) is 18.4. The molecule has 2 aromatic carbocycles. The van der Waals surface area contributed by atoms with Crippen LogP contribution in [0.1, 0.15) is 17.3 Å². The summed E-state index contributed by atoms with van der Waals surface area (Å²) in [6, 6.07) is 7.83. The van der Waals surface area contributed by atoms with Crippen LogP contribution in [-0.4, -0.2) is 25.0 Å². The van der Waals surface area contributed by atoms with Crippen LogP contribution in [0.5, 0.6) is 5.75 Å². The lowest BCUT2D eigenvalue weighted by molar-refractivity contribution is -0.115. The van der Waals surface area contributed by atoms with Gasteiger partial charge in [-0.3, -0.25) is 9.59 Å². The average molecular weight is 352 g/mol. The van der Waals surface area contributed by atoms with Crippen LogP contribution < -0.4 is 15.4 Å². The monoisotopic (exact) mass is 352 g/mol. The Kier molecular flexibility index (Phi) is 5.99. The third-order valence-corrected chi connectivity index (χ3v) is 3.15. The van der Waals surface area contributed by atoms with Crippen molar-refractivity contribution in [1.82, 2.24) is 5.32 Å². The molecule has 132 valence electrons. The summed E-state index contributed by atoms with van der Waals surface area (Å²) in [7, 11) is 0. The molecule has 8 heteroatoms. The topological polar surface area (TPSA) is 67.4 Å². The first kappa shape index (κ1) is 18.3. The van der Waals surface area contributed by atoms with Crippen molar-refractivity contribution < 1.29 is 27.5 Å². The normalized spacial score (nSPS) is 10.2. The number of rotatable bonds is 6. The molecule has 0 aliphatic carbocycles. The van der Waals surface area contributed by atoms with Crippen molar-refractivity contribution >= 4 is 17.5 Å². The average Bonchev–Trinajstić information content (AvgIpc) is 2.61. The van der Waals surface area contributed by atoms with Gasteiger partial charge < -0.3 is 15.4 Å². The number of halogens is 3. The first-order chi connectivity index (χ1) is 11.9. The van der Waals surface area contributed by atoms with Crippen LogP contribution in [0.2, 0.25) is 0 Å². The van der Waals surface area contributed by atoms with E-state index in [1.54, 1.807) is 12.1 Å². The van der Waals surface area contributed by atoms with E-state index in [-0.39, 0.29) is 0 Å². The number of carbonyl (C=O) groups is 2. The van der Waals surface area contributed by atoms with E-state index in [9.17, 15) is 22.8 Å². The first-order valence-corrected chi connectivity index (χ1v) is 7.36. The summed E-state index contributed by atoms with van der Waals surface area (Å²) in [6.07, 6.45) is 0. The molecule has 0 atom stereocenters. The molecule has 0 bridgehead atoms. The molecule has 0 saturated carbocycles. The number of hydrogen-bond acceptors (Lipinski definition) is 3. The maximum Gasteiger partial charge on any atom is 0.251 e. The van der Waals surface area contributed by atoms with Gasteiger partial charge in [-0.25, -0.2) is 13.2 Å². The minimum absolute atomic E-state index is 0.301. The molecule has 0 heterocycles. The Morgan fingerprint density at radius 2 is 1.68 bits per heavy atom. The highest BCUT2D eigenvalue weighted by Gasteiger charge is 2.15. The Bertz CT molecular complexity index is 779. The number of ether oxygens (including phenoxy) is 1. The standard InChI is InChI=1S/C17H15F3N2O3/c1-2-25-11-5-3-10(4-6-11)17(24)21-9-14(23)22-13-8-7-12(18)15(19)16(13)20/h3-8H,2,9H2,1H3,(H,21,24)(H,22,23). The predicted octanol–water partition coefficient (Wildman–Crippen LogP) is 2.87. The van der Waals surface area contributed by atoms with Gasteiger partial charge in [-0.15, -0.1) is 0 Å². The Morgan fingerprint density at radius 1 is 1.00 bits per heavy atom. The van der Waals surface area contributed by atoms with Gasteiger partial charge >= 0.3 is 0 Å². The van der Waals surface area contributed by atoms with Gasteiger partial charge in [0.15, 0.2) is 17.5 Å². The van der Waals surface area contributed by atoms with E-state index >= 15 is 0 Å². The van der Waals surface area contributed by atoms with Crippen molar-refractivity contribution in [2.45, 2.75) is 6.92 Å². The highest BCUT2D eigenvalue weighted by atomic mass is 19.2. The van der Waals surface area contributed by atoms with E-state index in [0.717, 1.165) is 6.07 Å². The second kappa shape index (κ2) is 8.18. The molecule has 0 aromatic heterocycles. The number of amides is 2. The molecule has 0 radical (unpaired) electrons. The Balaban J connectivity index is 1.91. The van der Waals surface area contributed by atoms with Crippen LogP contribution in [0.15, 0.2) is 36.4 Å². The molecule has 25 heavy (non-hydrogen) atoms. The molecule has 0 saturated heterocycles. The lowest BCUT2D eigenvalue weighted by Crippen LogP contribution is -2.33. The number of hydrogen-bond donors (Lipinski definition) is 2. The van der Waals surface area contributed by atoms with Gasteiger partial charge in [0, 0.05) is 5.56 Å². The molecule has 0 spiro atoms. The highest BCUT2D eigenvalue weighted by Crippen LogP contribution is 2.19. The van der Waals surface area contributed by atoms with Crippen LogP contribution in [0, 0.1) is 17.5 Å². The summed E-state index contributed by atoms with van der Waals surface area (Å²) in [5, 5.41) is 4.39. The summed E-state index contributed by atoms with van der Waals surface area (Å²) in [5.74, 6) is -5.26. The van der Waals surface area contributed by atoms with E-state index in [1.807, 2.05) is 6.92 Å². The van der Waals surface area contributed by atoms with Crippen LogP contribution in [0.3, 0.4) is 0 Å². The van der Waals surface area contributed by atoms with Gasteiger partial charge in [-0.05, 0) is 43.3 Å². The van der Waals surface area contributed by atoms with E-state index in [2.05, 4.69) is 10.6 Å². The maximum absolute atomic E-state index is 13.5.